The Morgan fingerprint density at radius 2 is 1.66 bits per heavy atom. The van der Waals surface area contributed by atoms with Gasteiger partial charge in [0.25, 0.3) is 0 Å². The molecule has 0 N–H and O–H groups in total. The van der Waals surface area contributed by atoms with Crippen LogP contribution in [0.3, 0.4) is 0 Å². The van der Waals surface area contributed by atoms with Gasteiger partial charge in [-0.15, -0.1) is 0 Å². The number of carbonyl (C=O) groups excluding carboxylic acids is 2. The smallest absolute Gasteiger partial charge is 0.231 e. The van der Waals surface area contributed by atoms with Gasteiger partial charge in [0, 0.05) is 11.6 Å². The molecule has 0 bridgehead atoms. The summed E-state index contributed by atoms with van der Waals surface area (Å²) in [5, 5.41) is 0. The average Bonchev–Trinajstić information content (AvgIpc) is 3.08. The zero-order valence-corrected chi connectivity index (χ0v) is 15.6. The lowest BCUT2D eigenvalue weighted by Gasteiger charge is -2.06. The van der Waals surface area contributed by atoms with Crippen molar-refractivity contribution < 1.29 is 19.1 Å². The van der Waals surface area contributed by atoms with Crippen LogP contribution in [-0.4, -0.2) is 18.2 Å². The lowest BCUT2D eigenvalue weighted by Crippen LogP contribution is -2.11. The fourth-order valence-electron chi connectivity index (χ4n) is 2.94. The van der Waals surface area contributed by atoms with Gasteiger partial charge in [0.05, 0.1) is 5.56 Å². The molecule has 4 heteroatoms. The monoisotopic (exact) mass is 382 g/mol. The Balaban J connectivity index is 1.42. The maximum absolute atomic E-state index is 12.5. The highest BCUT2D eigenvalue weighted by molar-refractivity contribution is 6.12. The second-order valence-electron chi connectivity index (χ2n) is 6.47. The van der Waals surface area contributed by atoms with E-state index in [9.17, 15) is 9.59 Å². The Kier molecular flexibility index (Phi) is 5.34. The van der Waals surface area contributed by atoms with Crippen LogP contribution in [0.5, 0.6) is 11.5 Å². The van der Waals surface area contributed by atoms with Gasteiger partial charge in [-0.2, -0.15) is 0 Å². The molecule has 3 aromatic carbocycles. The molecule has 0 unspecified atom stereocenters. The second-order valence-corrected chi connectivity index (χ2v) is 6.47. The Hall–Kier alpha value is -3.92. The molecule has 0 saturated carbocycles. The number of ketones is 2. The van der Waals surface area contributed by atoms with Gasteiger partial charge in [-0.3, -0.25) is 9.59 Å². The van der Waals surface area contributed by atoms with Gasteiger partial charge in [-0.05, 0) is 23.8 Å². The Bertz CT molecular complexity index is 1100. The summed E-state index contributed by atoms with van der Waals surface area (Å²) in [7, 11) is 0. The third kappa shape index (κ3) is 4.33. The molecule has 0 radical (unpaired) electrons. The number of hydrogen-bond acceptors (Lipinski definition) is 4. The number of hydrogen-bond donors (Lipinski definition) is 0. The fraction of sp³-hybridized carbons (Fsp3) is 0.0400. The van der Waals surface area contributed by atoms with Crippen molar-refractivity contribution in [3.63, 3.8) is 0 Å². The van der Waals surface area contributed by atoms with Crippen LogP contribution in [0.15, 0.2) is 96.8 Å². The number of benzene rings is 3. The molecule has 142 valence electrons. The summed E-state index contributed by atoms with van der Waals surface area (Å²) < 4.78 is 11.3. The second kappa shape index (κ2) is 8.40. The molecule has 0 aromatic heterocycles. The lowest BCUT2D eigenvalue weighted by molar-refractivity contribution is 0.0921. The third-order valence-electron chi connectivity index (χ3n) is 4.44. The van der Waals surface area contributed by atoms with Gasteiger partial charge in [0.15, 0.2) is 18.1 Å². The van der Waals surface area contributed by atoms with Crippen LogP contribution in [0.4, 0.5) is 0 Å². The highest BCUT2D eigenvalue weighted by Gasteiger charge is 2.27. The predicted molar refractivity (Wildman–Crippen MR) is 111 cm³/mol. The summed E-state index contributed by atoms with van der Waals surface area (Å²) in [5.41, 5.74) is 2.10. The Morgan fingerprint density at radius 3 is 2.41 bits per heavy atom. The van der Waals surface area contributed by atoms with E-state index in [1.54, 1.807) is 42.5 Å². The first-order valence-corrected chi connectivity index (χ1v) is 9.22. The van der Waals surface area contributed by atoms with Crippen molar-refractivity contribution in [2.24, 2.45) is 0 Å². The first-order valence-electron chi connectivity index (χ1n) is 9.22. The maximum Gasteiger partial charge on any atom is 0.231 e. The zero-order valence-electron chi connectivity index (χ0n) is 15.6. The summed E-state index contributed by atoms with van der Waals surface area (Å²) in [6.45, 7) is -0.0841. The normalized spacial score (nSPS) is 14.1. The van der Waals surface area contributed by atoms with E-state index in [2.05, 4.69) is 0 Å². The van der Waals surface area contributed by atoms with Gasteiger partial charge in [0.2, 0.25) is 5.78 Å². The number of Topliss-reactive ketones (excluding diaryl/α,β-unsaturated/α-hetero) is 2. The van der Waals surface area contributed by atoms with Crippen molar-refractivity contribution in [3.05, 3.63) is 113 Å². The van der Waals surface area contributed by atoms with E-state index >= 15 is 0 Å². The molecule has 0 fully saturated rings. The highest BCUT2D eigenvalue weighted by atomic mass is 16.5. The quantitative estimate of drug-likeness (QED) is 0.439. The number of ether oxygens (including phenoxy) is 2. The van der Waals surface area contributed by atoms with Crippen molar-refractivity contribution in [2.45, 2.75) is 0 Å². The summed E-state index contributed by atoms with van der Waals surface area (Å²) in [6.07, 6.45) is 5.33. The molecule has 4 nitrogen and oxygen atoms in total. The Morgan fingerprint density at radius 1 is 0.931 bits per heavy atom. The van der Waals surface area contributed by atoms with Crippen LogP contribution >= 0.6 is 0 Å². The molecule has 0 spiro atoms. The molecule has 1 heterocycles. The largest absolute Gasteiger partial charge is 0.485 e. The minimum absolute atomic E-state index is 0.0841. The van der Waals surface area contributed by atoms with Crippen molar-refractivity contribution in [1.29, 1.82) is 0 Å². The van der Waals surface area contributed by atoms with E-state index in [1.807, 2.05) is 54.6 Å². The summed E-state index contributed by atoms with van der Waals surface area (Å²) in [5.74, 6) is 0.866. The molecule has 4 rings (SSSR count). The standard InChI is InChI=1S/C25H18O4/c26-22(19-11-5-2-6-12-19)17-28-20-14-15-21-24(16-20)29-23(25(21)27)13-7-10-18-8-3-1-4-9-18/h1-16H,17H2/b10-7+,23-13-. The van der Waals surface area contributed by atoms with Crippen LogP contribution in [-0.2, 0) is 0 Å². The number of carbonyl (C=O) groups is 2. The van der Waals surface area contributed by atoms with E-state index in [1.165, 1.54) is 0 Å². The zero-order chi connectivity index (χ0) is 20.1. The van der Waals surface area contributed by atoms with Gasteiger partial charge in [0.1, 0.15) is 11.5 Å². The molecule has 1 aliphatic heterocycles. The van der Waals surface area contributed by atoms with Crippen LogP contribution in [0.2, 0.25) is 0 Å². The Labute approximate surface area is 168 Å². The van der Waals surface area contributed by atoms with Gasteiger partial charge < -0.3 is 9.47 Å². The van der Waals surface area contributed by atoms with Crippen molar-refractivity contribution in [3.8, 4) is 11.5 Å². The minimum atomic E-state index is -0.176. The van der Waals surface area contributed by atoms with E-state index in [0.717, 1.165) is 5.56 Å². The summed E-state index contributed by atoms with van der Waals surface area (Å²) in [6, 6.07) is 23.7. The number of rotatable bonds is 6. The van der Waals surface area contributed by atoms with E-state index in [0.29, 0.717) is 22.6 Å². The SMILES string of the molecule is O=C(COc1ccc2c(c1)O/C(=C\C=C\c1ccccc1)C2=O)c1ccccc1. The third-order valence-corrected chi connectivity index (χ3v) is 4.44. The molecule has 3 aromatic rings. The maximum atomic E-state index is 12.5. The molecular weight excluding hydrogens is 364 g/mol. The molecule has 0 amide bonds. The average molecular weight is 382 g/mol. The first kappa shape index (κ1) is 18.4. The molecular formula is C25H18O4. The highest BCUT2D eigenvalue weighted by Crippen LogP contribution is 2.34. The minimum Gasteiger partial charge on any atom is -0.485 e. The van der Waals surface area contributed by atoms with Crippen molar-refractivity contribution >= 4 is 17.6 Å². The van der Waals surface area contributed by atoms with Crippen LogP contribution in [0, 0.1) is 0 Å². The molecule has 1 aliphatic rings. The van der Waals surface area contributed by atoms with E-state index in [4.69, 9.17) is 9.47 Å². The first-order chi connectivity index (χ1) is 14.2. The molecule has 0 saturated heterocycles. The van der Waals surface area contributed by atoms with Crippen LogP contribution in [0.1, 0.15) is 26.3 Å². The van der Waals surface area contributed by atoms with Crippen LogP contribution < -0.4 is 9.47 Å². The number of allylic oxidation sites excluding steroid dienone is 3. The number of fused-ring (bicyclic) bond motifs is 1. The molecule has 29 heavy (non-hydrogen) atoms. The van der Waals surface area contributed by atoms with Crippen molar-refractivity contribution in [1.82, 2.24) is 0 Å². The van der Waals surface area contributed by atoms with Gasteiger partial charge in [-0.1, -0.05) is 72.8 Å². The van der Waals surface area contributed by atoms with Crippen LogP contribution in [0.25, 0.3) is 6.08 Å². The molecule has 0 aliphatic carbocycles. The predicted octanol–water partition coefficient (Wildman–Crippen LogP) is 5.12. The fourth-order valence-corrected chi connectivity index (χ4v) is 2.94. The molecule has 0 atom stereocenters. The van der Waals surface area contributed by atoms with Gasteiger partial charge in [-0.25, -0.2) is 0 Å². The lowest BCUT2D eigenvalue weighted by atomic mass is 10.1. The summed E-state index contributed by atoms with van der Waals surface area (Å²) in [4.78, 5) is 24.6. The van der Waals surface area contributed by atoms with E-state index < -0.39 is 0 Å². The topological polar surface area (TPSA) is 52.6 Å². The van der Waals surface area contributed by atoms with E-state index in [-0.39, 0.29) is 23.9 Å². The van der Waals surface area contributed by atoms with Gasteiger partial charge >= 0.3 is 0 Å². The summed E-state index contributed by atoms with van der Waals surface area (Å²) >= 11 is 0. The van der Waals surface area contributed by atoms with Crippen molar-refractivity contribution in [2.75, 3.05) is 6.61 Å².